The first-order chi connectivity index (χ1) is 8.77. The van der Waals surface area contributed by atoms with Crippen molar-refractivity contribution in [2.75, 3.05) is 7.05 Å². The van der Waals surface area contributed by atoms with E-state index in [-0.39, 0.29) is 0 Å². The molecule has 100 valence electrons. The van der Waals surface area contributed by atoms with E-state index in [4.69, 9.17) is 0 Å². The van der Waals surface area contributed by atoms with E-state index in [1.807, 2.05) is 7.05 Å². The van der Waals surface area contributed by atoms with E-state index in [2.05, 4.69) is 29.1 Å². The SMILES string of the molecule is CCC(c1ncnc2c1CCCCC2)C(C)NC. The molecule has 0 aromatic carbocycles. The average molecular weight is 247 g/mol. The van der Waals surface area contributed by atoms with Crippen molar-refractivity contribution in [1.29, 1.82) is 0 Å². The van der Waals surface area contributed by atoms with Crippen molar-refractivity contribution in [2.45, 2.75) is 64.3 Å². The summed E-state index contributed by atoms with van der Waals surface area (Å²) in [4.78, 5) is 9.13. The third-order valence-corrected chi connectivity index (χ3v) is 4.26. The van der Waals surface area contributed by atoms with E-state index < -0.39 is 0 Å². The molecular formula is C15H25N3. The topological polar surface area (TPSA) is 37.8 Å². The number of aromatic nitrogens is 2. The monoisotopic (exact) mass is 247 g/mol. The molecule has 1 heterocycles. The van der Waals surface area contributed by atoms with Gasteiger partial charge in [-0.2, -0.15) is 0 Å². The first-order valence-corrected chi connectivity index (χ1v) is 7.27. The Morgan fingerprint density at radius 2 is 2.00 bits per heavy atom. The van der Waals surface area contributed by atoms with Crippen molar-refractivity contribution >= 4 is 0 Å². The Morgan fingerprint density at radius 1 is 1.22 bits per heavy atom. The fourth-order valence-electron chi connectivity index (χ4n) is 3.03. The number of hydrogen-bond acceptors (Lipinski definition) is 3. The quantitative estimate of drug-likeness (QED) is 0.831. The highest BCUT2D eigenvalue weighted by molar-refractivity contribution is 5.29. The largest absolute Gasteiger partial charge is 0.317 e. The van der Waals surface area contributed by atoms with Gasteiger partial charge in [0.05, 0.1) is 5.69 Å². The summed E-state index contributed by atoms with van der Waals surface area (Å²) in [6, 6.07) is 0.470. The summed E-state index contributed by atoms with van der Waals surface area (Å²) >= 11 is 0. The zero-order valence-electron chi connectivity index (χ0n) is 11.9. The van der Waals surface area contributed by atoms with E-state index in [1.54, 1.807) is 6.33 Å². The van der Waals surface area contributed by atoms with Crippen LogP contribution in [0.1, 0.15) is 62.4 Å². The molecule has 2 rings (SSSR count). The Balaban J connectivity index is 2.37. The van der Waals surface area contributed by atoms with Gasteiger partial charge in [0.25, 0.3) is 0 Å². The highest BCUT2D eigenvalue weighted by atomic mass is 14.9. The maximum Gasteiger partial charge on any atom is 0.115 e. The summed E-state index contributed by atoms with van der Waals surface area (Å²) in [7, 11) is 2.03. The molecule has 0 fully saturated rings. The number of aryl methyl sites for hydroxylation is 1. The Kier molecular flexibility index (Phi) is 4.70. The van der Waals surface area contributed by atoms with E-state index in [1.165, 1.54) is 42.6 Å². The fraction of sp³-hybridized carbons (Fsp3) is 0.733. The van der Waals surface area contributed by atoms with Crippen LogP contribution in [0.2, 0.25) is 0 Å². The smallest absolute Gasteiger partial charge is 0.115 e. The number of likely N-dealkylation sites (N-methyl/N-ethyl adjacent to an activating group) is 1. The fourth-order valence-corrected chi connectivity index (χ4v) is 3.03. The minimum atomic E-state index is 0.470. The van der Waals surface area contributed by atoms with Gasteiger partial charge in [-0.3, -0.25) is 0 Å². The Morgan fingerprint density at radius 3 is 2.72 bits per heavy atom. The second-order valence-electron chi connectivity index (χ2n) is 5.34. The summed E-state index contributed by atoms with van der Waals surface area (Å²) < 4.78 is 0. The van der Waals surface area contributed by atoms with E-state index in [0.717, 1.165) is 12.8 Å². The van der Waals surface area contributed by atoms with Crippen LogP contribution in [0.4, 0.5) is 0 Å². The minimum Gasteiger partial charge on any atom is -0.317 e. The molecule has 0 aliphatic heterocycles. The number of nitrogens with one attached hydrogen (secondary N) is 1. The molecule has 3 nitrogen and oxygen atoms in total. The van der Waals surface area contributed by atoms with Crippen LogP contribution in [0, 0.1) is 0 Å². The molecule has 0 radical (unpaired) electrons. The van der Waals surface area contributed by atoms with Crippen molar-refractivity contribution < 1.29 is 0 Å². The molecule has 0 saturated carbocycles. The van der Waals surface area contributed by atoms with Crippen LogP contribution in [0.15, 0.2) is 6.33 Å². The summed E-state index contributed by atoms with van der Waals surface area (Å²) in [5, 5.41) is 3.38. The molecule has 2 unspecified atom stereocenters. The van der Waals surface area contributed by atoms with Gasteiger partial charge in [0.15, 0.2) is 0 Å². The van der Waals surface area contributed by atoms with Crippen molar-refractivity contribution in [3.05, 3.63) is 23.3 Å². The number of rotatable bonds is 4. The average Bonchev–Trinajstić information content (AvgIpc) is 2.65. The minimum absolute atomic E-state index is 0.470. The lowest BCUT2D eigenvalue weighted by molar-refractivity contribution is 0.469. The lowest BCUT2D eigenvalue weighted by Gasteiger charge is -2.24. The van der Waals surface area contributed by atoms with Crippen LogP contribution in [0.5, 0.6) is 0 Å². The second kappa shape index (κ2) is 6.28. The summed E-state index contributed by atoms with van der Waals surface area (Å²) in [5.41, 5.74) is 4.05. The van der Waals surface area contributed by atoms with E-state index in [9.17, 15) is 0 Å². The molecule has 1 aliphatic rings. The van der Waals surface area contributed by atoms with Gasteiger partial charge in [-0.25, -0.2) is 9.97 Å². The van der Waals surface area contributed by atoms with Crippen molar-refractivity contribution in [1.82, 2.24) is 15.3 Å². The summed E-state index contributed by atoms with van der Waals surface area (Å²) in [5.74, 6) is 0.504. The van der Waals surface area contributed by atoms with E-state index >= 15 is 0 Å². The van der Waals surface area contributed by atoms with E-state index in [0.29, 0.717) is 12.0 Å². The lowest BCUT2D eigenvalue weighted by atomic mass is 9.89. The lowest BCUT2D eigenvalue weighted by Crippen LogP contribution is -2.30. The van der Waals surface area contributed by atoms with Gasteiger partial charge in [0.1, 0.15) is 6.33 Å². The van der Waals surface area contributed by atoms with Gasteiger partial charge < -0.3 is 5.32 Å². The number of nitrogens with zero attached hydrogens (tertiary/aromatic N) is 2. The molecule has 0 spiro atoms. The van der Waals surface area contributed by atoms with Gasteiger partial charge in [0.2, 0.25) is 0 Å². The van der Waals surface area contributed by atoms with Gasteiger partial charge in [0, 0.05) is 17.7 Å². The molecule has 1 aromatic rings. The maximum absolute atomic E-state index is 4.62. The van der Waals surface area contributed by atoms with Crippen LogP contribution in [-0.4, -0.2) is 23.1 Å². The van der Waals surface area contributed by atoms with Crippen LogP contribution in [0.25, 0.3) is 0 Å². The molecule has 1 aliphatic carbocycles. The Bertz CT molecular complexity index is 389. The highest BCUT2D eigenvalue weighted by Gasteiger charge is 2.23. The third kappa shape index (κ3) is 2.72. The highest BCUT2D eigenvalue weighted by Crippen LogP contribution is 2.29. The molecular weight excluding hydrogens is 222 g/mol. The first-order valence-electron chi connectivity index (χ1n) is 7.27. The van der Waals surface area contributed by atoms with Gasteiger partial charge in [-0.05, 0) is 51.6 Å². The van der Waals surface area contributed by atoms with Crippen LogP contribution in [0.3, 0.4) is 0 Å². The summed E-state index contributed by atoms with van der Waals surface area (Å²) in [6.07, 6.45) is 9.09. The van der Waals surface area contributed by atoms with Gasteiger partial charge >= 0.3 is 0 Å². The number of hydrogen-bond donors (Lipinski definition) is 1. The first kappa shape index (κ1) is 13.5. The predicted octanol–water partition coefficient (Wildman–Crippen LogP) is 2.85. The standard InChI is InChI=1S/C15H25N3/c1-4-12(11(2)16-3)15-13-8-6-5-7-9-14(13)17-10-18-15/h10-12,16H,4-9H2,1-3H3. The normalized spacial score (nSPS) is 18.8. The second-order valence-corrected chi connectivity index (χ2v) is 5.34. The van der Waals surface area contributed by atoms with Crippen molar-refractivity contribution in [2.24, 2.45) is 0 Å². The maximum atomic E-state index is 4.62. The molecule has 0 bridgehead atoms. The third-order valence-electron chi connectivity index (χ3n) is 4.26. The van der Waals surface area contributed by atoms with Gasteiger partial charge in [-0.15, -0.1) is 0 Å². The molecule has 0 amide bonds. The molecule has 18 heavy (non-hydrogen) atoms. The Labute approximate surface area is 110 Å². The zero-order valence-corrected chi connectivity index (χ0v) is 11.9. The molecule has 1 N–H and O–H groups in total. The molecule has 0 saturated heterocycles. The van der Waals surface area contributed by atoms with Gasteiger partial charge in [-0.1, -0.05) is 13.3 Å². The molecule has 1 aromatic heterocycles. The summed E-state index contributed by atoms with van der Waals surface area (Å²) in [6.45, 7) is 4.50. The van der Waals surface area contributed by atoms with Crippen LogP contribution < -0.4 is 5.32 Å². The zero-order chi connectivity index (χ0) is 13.0. The molecule has 3 heteroatoms. The van der Waals surface area contributed by atoms with Crippen molar-refractivity contribution in [3.8, 4) is 0 Å². The number of fused-ring (bicyclic) bond motifs is 1. The van der Waals surface area contributed by atoms with Crippen LogP contribution >= 0.6 is 0 Å². The van der Waals surface area contributed by atoms with Crippen molar-refractivity contribution in [3.63, 3.8) is 0 Å². The Hall–Kier alpha value is -0.960. The van der Waals surface area contributed by atoms with Crippen LogP contribution in [-0.2, 0) is 12.8 Å². The predicted molar refractivity (Wildman–Crippen MR) is 74.8 cm³/mol. The molecule has 2 atom stereocenters.